The lowest BCUT2D eigenvalue weighted by molar-refractivity contribution is -0.870. The summed E-state index contributed by atoms with van der Waals surface area (Å²) < 4.78 is 22.6. The maximum absolute atomic E-state index is 12.8. The van der Waals surface area contributed by atoms with Gasteiger partial charge in [-0.05, 0) is 70.6 Å². The Balaban J connectivity index is 4.35. The lowest BCUT2D eigenvalue weighted by atomic mass is 10.1. The second kappa shape index (κ2) is 45.1. The summed E-state index contributed by atoms with van der Waals surface area (Å²) in [6.07, 6.45) is 48.8. The standard InChI is InChI=1S/C53H97NO8/c1-6-8-10-12-14-16-18-20-22-24-26-28-29-31-33-35-37-39-41-43-50(55)60-47-49(48-61-53(52(57)58)59-46-45-54(3,4)5)62-51(56)44-42-40-38-36-34-32-30-27-25-23-21-19-17-15-13-11-9-7-2/h17,19-20,22-23,25,49,53H,6-16,18,21,24,26-48H2,1-5H3/b19-17-,22-20-,25-23-. The number of carboxylic acid groups (broad SMARTS) is 1. The number of ether oxygens (including phenoxy) is 4. The largest absolute Gasteiger partial charge is 0.545 e. The van der Waals surface area contributed by atoms with Gasteiger partial charge in [0.15, 0.2) is 12.4 Å². The predicted molar refractivity (Wildman–Crippen MR) is 256 cm³/mol. The molecule has 0 aromatic heterocycles. The Kier molecular flexibility index (Phi) is 43.3. The highest BCUT2D eigenvalue weighted by atomic mass is 16.7. The topological polar surface area (TPSA) is 111 Å². The molecule has 0 heterocycles. The van der Waals surface area contributed by atoms with E-state index in [1.165, 1.54) is 141 Å². The number of hydrogen-bond donors (Lipinski definition) is 0. The smallest absolute Gasteiger partial charge is 0.306 e. The highest BCUT2D eigenvalue weighted by Crippen LogP contribution is 2.15. The van der Waals surface area contributed by atoms with Crippen molar-refractivity contribution in [3.63, 3.8) is 0 Å². The van der Waals surface area contributed by atoms with E-state index in [4.69, 9.17) is 18.9 Å². The molecular weight excluding hydrogens is 779 g/mol. The third kappa shape index (κ3) is 45.5. The SMILES string of the molecule is CCCCCC/C=C\C/C=C\CCCCCCCCCC(=O)OC(COC(=O)CCCCCCCCCCC/C=C\CCCCCCCC)COC(OCC[N+](C)(C)C)C(=O)[O-]. The highest BCUT2D eigenvalue weighted by Gasteiger charge is 2.22. The van der Waals surface area contributed by atoms with Crippen molar-refractivity contribution < 1.29 is 42.9 Å². The van der Waals surface area contributed by atoms with Crippen molar-refractivity contribution in [3.8, 4) is 0 Å². The third-order valence-corrected chi connectivity index (χ3v) is 11.1. The summed E-state index contributed by atoms with van der Waals surface area (Å²) in [5.74, 6) is -2.29. The van der Waals surface area contributed by atoms with Crippen LogP contribution in [0.2, 0.25) is 0 Å². The van der Waals surface area contributed by atoms with Crippen LogP contribution in [0, 0.1) is 0 Å². The Morgan fingerprint density at radius 2 is 0.871 bits per heavy atom. The van der Waals surface area contributed by atoms with E-state index in [1.807, 2.05) is 21.1 Å². The van der Waals surface area contributed by atoms with E-state index in [-0.39, 0.29) is 38.6 Å². The molecule has 0 saturated heterocycles. The zero-order valence-electron chi connectivity index (χ0n) is 41.0. The summed E-state index contributed by atoms with van der Waals surface area (Å²) in [6, 6.07) is 0. The summed E-state index contributed by atoms with van der Waals surface area (Å²) in [5.41, 5.74) is 0. The van der Waals surface area contributed by atoms with Gasteiger partial charge in [-0.25, -0.2) is 0 Å². The number of esters is 2. The molecule has 0 rings (SSSR count). The molecule has 0 aliphatic carbocycles. The maximum atomic E-state index is 12.8. The molecule has 0 bridgehead atoms. The Hall–Kier alpha value is -2.49. The second-order valence-corrected chi connectivity index (χ2v) is 18.5. The Morgan fingerprint density at radius 1 is 0.484 bits per heavy atom. The minimum atomic E-state index is -1.62. The van der Waals surface area contributed by atoms with Gasteiger partial charge in [0.05, 0.1) is 40.3 Å². The van der Waals surface area contributed by atoms with Gasteiger partial charge in [0.1, 0.15) is 13.2 Å². The van der Waals surface area contributed by atoms with Gasteiger partial charge in [-0.1, -0.05) is 179 Å². The van der Waals surface area contributed by atoms with Crippen LogP contribution >= 0.6 is 0 Å². The highest BCUT2D eigenvalue weighted by molar-refractivity contribution is 5.70. The lowest BCUT2D eigenvalue weighted by Gasteiger charge is -2.26. The maximum Gasteiger partial charge on any atom is 0.306 e. The molecular formula is C53H97NO8. The molecule has 2 atom stereocenters. The van der Waals surface area contributed by atoms with E-state index in [1.54, 1.807) is 0 Å². The number of nitrogens with zero attached hydrogens (tertiary/aromatic N) is 1. The van der Waals surface area contributed by atoms with Crippen LogP contribution in [0.3, 0.4) is 0 Å². The molecule has 0 aliphatic rings. The van der Waals surface area contributed by atoms with Gasteiger partial charge in [-0.3, -0.25) is 9.59 Å². The molecule has 0 spiro atoms. The van der Waals surface area contributed by atoms with Crippen LogP contribution in [-0.2, 0) is 33.3 Å². The molecule has 62 heavy (non-hydrogen) atoms. The number of hydrogen-bond acceptors (Lipinski definition) is 8. The van der Waals surface area contributed by atoms with Crippen molar-refractivity contribution in [2.45, 2.75) is 238 Å². The van der Waals surface area contributed by atoms with Gasteiger partial charge in [-0.2, -0.15) is 0 Å². The fourth-order valence-corrected chi connectivity index (χ4v) is 7.09. The summed E-state index contributed by atoms with van der Waals surface area (Å²) in [5, 5.41) is 11.7. The Morgan fingerprint density at radius 3 is 1.31 bits per heavy atom. The van der Waals surface area contributed by atoms with Crippen molar-refractivity contribution in [2.24, 2.45) is 0 Å². The van der Waals surface area contributed by atoms with E-state index in [9.17, 15) is 19.5 Å². The summed E-state index contributed by atoms with van der Waals surface area (Å²) >= 11 is 0. The quantitative estimate of drug-likeness (QED) is 0.0195. The molecule has 9 nitrogen and oxygen atoms in total. The van der Waals surface area contributed by atoms with E-state index < -0.39 is 24.3 Å². The fraction of sp³-hybridized carbons (Fsp3) is 0.830. The van der Waals surface area contributed by atoms with Gasteiger partial charge >= 0.3 is 11.9 Å². The van der Waals surface area contributed by atoms with Crippen LogP contribution in [0.15, 0.2) is 36.5 Å². The van der Waals surface area contributed by atoms with Crippen LogP contribution in [0.25, 0.3) is 0 Å². The van der Waals surface area contributed by atoms with Crippen molar-refractivity contribution >= 4 is 17.9 Å². The molecule has 0 aromatic rings. The van der Waals surface area contributed by atoms with Crippen LogP contribution < -0.4 is 5.11 Å². The first-order chi connectivity index (χ1) is 30.1. The zero-order valence-corrected chi connectivity index (χ0v) is 41.0. The molecule has 9 heteroatoms. The number of quaternary nitrogens is 1. The summed E-state index contributed by atoms with van der Waals surface area (Å²) in [7, 11) is 5.91. The number of carbonyl (C=O) groups is 3. The van der Waals surface area contributed by atoms with E-state index in [2.05, 4.69) is 50.3 Å². The van der Waals surface area contributed by atoms with Crippen LogP contribution in [0.4, 0.5) is 0 Å². The molecule has 0 amide bonds. The van der Waals surface area contributed by atoms with Gasteiger partial charge < -0.3 is 33.3 Å². The Labute approximate surface area is 381 Å². The molecule has 0 fully saturated rings. The zero-order chi connectivity index (χ0) is 45.6. The number of carbonyl (C=O) groups excluding carboxylic acids is 3. The average molecular weight is 876 g/mol. The first-order valence-corrected chi connectivity index (χ1v) is 25.6. The molecule has 0 aromatic carbocycles. The number of unbranched alkanes of at least 4 members (excludes halogenated alkanes) is 26. The van der Waals surface area contributed by atoms with Crippen LogP contribution in [0.5, 0.6) is 0 Å². The van der Waals surface area contributed by atoms with E-state index in [0.717, 1.165) is 51.4 Å². The molecule has 0 radical (unpaired) electrons. The minimum absolute atomic E-state index is 0.146. The van der Waals surface area contributed by atoms with Crippen LogP contribution in [-0.4, -0.2) is 82.3 Å². The third-order valence-electron chi connectivity index (χ3n) is 11.1. The first-order valence-electron chi connectivity index (χ1n) is 25.6. The molecule has 2 unspecified atom stereocenters. The van der Waals surface area contributed by atoms with Crippen molar-refractivity contribution in [1.82, 2.24) is 0 Å². The lowest BCUT2D eigenvalue weighted by Crippen LogP contribution is -2.44. The first kappa shape index (κ1) is 59.5. The number of likely N-dealkylation sites (N-methyl/N-ethyl adjacent to an activating group) is 1. The molecule has 0 N–H and O–H groups in total. The normalized spacial score (nSPS) is 13.1. The summed E-state index contributed by atoms with van der Waals surface area (Å²) in [6.45, 7) is 4.73. The van der Waals surface area contributed by atoms with Crippen LogP contribution in [0.1, 0.15) is 226 Å². The number of aliphatic carboxylic acids is 1. The van der Waals surface area contributed by atoms with Gasteiger partial charge in [-0.15, -0.1) is 0 Å². The van der Waals surface area contributed by atoms with E-state index >= 15 is 0 Å². The van der Waals surface area contributed by atoms with Crippen molar-refractivity contribution in [3.05, 3.63) is 36.5 Å². The minimum Gasteiger partial charge on any atom is -0.545 e. The molecule has 362 valence electrons. The summed E-state index contributed by atoms with van der Waals surface area (Å²) in [4.78, 5) is 37.1. The fourth-order valence-electron chi connectivity index (χ4n) is 7.09. The number of allylic oxidation sites excluding steroid dienone is 6. The van der Waals surface area contributed by atoms with Crippen molar-refractivity contribution in [2.75, 3.05) is 47.5 Å². The van der Waals surface area contributed by atoms with E-state index in [0.29, 0.717) is 17.4 Å². The van der Waals surface area contributed by atoms with Gasteiger partial charge in [0, 0.05) is 12.8 Å². The monoisotopic (exact) mass is 876 g/mol. The molecule has 0 saturated carbocycles. The average Bonchev–Trinajstić information content (AvgIpc) is 3.23. The molecule has 0 aliphatic heterocycles. The van der Waals surface area contributed by atoms with Crippen molar-refractivity contribution in [1.29, 1.82) is 0 Å². The van der Waals surface area contributed by atoms with Gasteiger partial charge in [0.2, 0.25) is 0 Å². The Bertz CT molecular complexity index is 1110. The van der Waals surface area contributed by atoms with Gasteiger partial charge in [0.25, 0.3) is 0 Å². The predicted octanol–water partition coefficient (Wildman–Crippen LogP) is 12.8. The number of carboxylic acids is 1. The number of rotatable bonds is 47. The second-order valence-electron chi connectivity index (χ2n) is 18.5.